The second kappa shape index (κ2) is 8.13. The Morgan fingerprint density at radius 2 is 2.29 bits per heavy atom. The molecule has 1 N–H and O–H groups in total. The number of benzene rings is 1. The number of ether oxygens (including phenoxy) is 2. The van der Waals surface area contributed by atoms with Crippen molar-refractivity contribution < 1.29 is 9.47 Å². The Morgan fingerprint density at radius 3 is 3.00 bits per heavy atom. The molecule has 0 spiro atoms. The molecule has 3 nitrogen and oxygen atoms in total. The first-order chi connectivity index (χ1) is 8.27. The van der Waals surface area contributed by atoms with Crippen molar-refractivity contribution in [1.82, 2.24) is 5.32 Å². The zero-order valence-electron chi connectivity index (χ0n) is 9.83. The van der Waals surface area contributed by atoms with Crippen molar-refractivity contribution in [3.8, 4) is 18.1 Å². The number of hydrogen-bond acceptors (Lipinski definition) is 3. The number of methoxy groups -OCH3 is 1. The molecule has 0 aliphatic rings. The van der Waals surface area contributed by atoms with Gasteiger partial charge in [-0.15, -0.1) is 6.42 Å². The first kappa shape index (κ1) is 14.0. The van der Waals surface area contributed by atoms with Gasteiger partial charge in [0.15, 0.2) is 0 Å². The highest BCUT2D eigenvalue weighted by atomic mass is 79.9. The van der Waals surface area contributed by atoms with E-state index in [9.17, 15) is 0 Å². The molecule has 0 aliphatic heterocycles. The molecule has 0 fully saturated rings. The normalized spacial score (nSPS) is 9.94. The molecule has 17 heavy (non-hydrogen) atoms. The fourth-order valence-electron chi connectivity index (χ4n) is 1.34. The van der Waals surface area contributed by atoms with Crippen LogP contribution in [0.2, 0.25) is 0 Å². The van der Waals surface area contributed by atoms with Gasteiger partial charge in [0.05, 0.1) is 6.61 Å². The van der Waals surface area contributed by atoms with Gasteiger partial charge in [-0.25, -0.2) is 0 Å². The highest BCUT2D eigenvalue weighted by Crippen LogP contribution is 2.23. The van der Waals surface area contributed by atoms with Crippen LogP contribution in [0.4, 0.5) is 0 Å². The van der Waals surface area contributed by atoms with E-state index >= 15 is 0 Å². The van der Waals surface area contributed by atoms with Gasteiger partial charge in [0.1, 0.15) is 12.4 Å². The van der Waals surface area contributed by atoms with Crippen molar-refractivity contribution in [2.24, 2.45) is 0 Å². The van der Waals surface area contributed by atoms with Crippen molar-refractivity contribution in [3.05, 3.63) is 28.2 Å². The maximum absolute atomic E-state index is 5.47. The van der Waals surface area contributed by atoms with Gasteiger partial charge in [-0.2, -0.15) is 0 Å². The van der Waals surface area contributed by atoms with Crippen LogP contribution >= 0.6 is 15.9 Å². The van der Waals surface area contributed by atoms with E-state index in [4.69, 9.17) is 15.9 Å². The molecule has 0 saturated heterocycles. The first-order valence-electron chi connectivity index (χ1n) is 5.32. The van der Waals surface area contributed by atoms with Gasteiger partial charge in [-0.1, -0.05) is 21.9 Å². The maximum atomic E-state index is 5.47. The van der Waals surface area contributed by atoms with Crippen molar-refractivity contribution >= 4 is 15.9 Å². The summed E-state index contributed by atoms with van der Waals surface area (Å²) in [5.41, 5.74) is 1.07. The summed E-state index contributed by atoms with van der Waals surface area (Å²) in [7, 11) is 1.68. The van der Waals surface area contributed by atoms with Crippen LogP contribution in [-0.4, -0.2) is 26.9 Å². The predicted octanol–water partition coefficient (Wildman–Crippen LogP) is 2.20. The summed E-state index contributed by atoms with van der Waals surface area (Å²) >= 11 is 3.44. The second-order valence-electron chi connectivity index (χ2n) is 3.41. The lowest BCUT2D eigenvalue weighted by Gasteiger charge is -2.11. The minimum absolute atomic E-state index is 0.284. The Hall–Kier alpha value is -1.02. The largest absolute Gasteiger partial charge is 0.481 e. The quantitative estimate of drug-likeness (QED) is 0.618. The molecule has 0 aromatic heterocycles. The smallest absolute Gasteiger partial charge is 0.148 e. The molecule has 1 aromatic rings. The van der Waals surface area contributed by atoms with E-state index in [2.05, 4.69) is 27.2 Å². The zero-order valence-corrected chi connectivity index (χ0v) is 11.4. The molecule has 0 aliphatic carbocycles. The van der Waals surface area contributed by atoms with E-state index in [0.717, 1.165) is 28.9 Å². The van der Waals surface area contributed by atoms with E-state index in [0.29, 0.717) is 6.61 Å². The predicted molar refractivity (Wildman–Crippen MR) is 72.1 cm³/mol. The average molecular weight is 298 g/mol. The Balaban J connectivity index is 2.60. The van der Waals surface area contributed by atoms with Crippen LogP contribution in [0.1, 0.15) is 5.56 Å². The van der Waals surface area contributed by atoms with E-state index in [1.54, 1.807) is 7.11 Å². The summed E-state index contributed by atoms with van der Waals surface area (Å²) in [5, 5.41) is 3.27. The minimum Gasteiger partial charge on any atom is -0.481 e. The molecule has 0 amide bonds. The number of terminal acetylenes is 1. The summed E-state index contributed by atoms with van der Waals surface area (Å²) in [5.74, 6) is 3.28. The Kier molecular flexibility index (Phi) is 6.71. The highest BCUT2D eigenvalue weighted by Gasteiger charge is 2.03. The lowest BCUT2D eigenvalue weighted by Crippen LogP contribution is -2.19. The fourth-order valence-corrected chi connectivity index (χ4v) is 1.75. The van der Waals surface area contributed by atoms with Crippen LogP contribution < -0.4 is 10.1 Å². The lowest BCUT2D eigenvalue weighted by atomic mass is 10.2. The zero-order chi connectivity index (χ0) is 12.5. The van der Waals surface area contributed by atoms with E-state index < -0.39 is 0 Å². The van der Waals surface area contributed by atoms with Crippen LogP contribution in [-0.2, 0) is 11.3 Å². The third-order valence-corrected chi connectivity index (χ3v) is 2.63. The van der Waals surface area contributed by atoms with Gasteiger partial charge in [0.2, 0.25) is 0 Å². The molecule has 0 radical (unpaired) electrons. The standard InChI is InChI=1S/C13H16BrNO2/c1-3-7-17-13-5-4-12(14)9-11(13)10-15-6-8-16-2/h1,4-5,9,15H,6-8,10H2,2H3. The Bertz CT molecular complexity index is 387. The lowest BCUT2D eigenvalue weighted by molar-refractivity contribution is 0.199. The van der Waals surface area contributed by atoms with Crippen molar-refractivity contribution in [2.75, 3.05) is 26.9 Å². The summed E-state index contributed by atoms with van der Waals surface area (Å²) in [4.78, 5) is 0. The van der Waals surface area contributed by atoms with E-state index in [1.165, 1.54) is 0 Å². The Morgan fingerprint density at radius 1 is 1.47 bits per heavy atom. The molecular weight excluding hydrogens is 282 g/mol. The first-order valence-corrected chi connectivity index (χ1v) is 6.11. The maximum Gasteiger partial charge on any atom is 0.148 e. The number of hydrogen-bond donors (Lipinski definition) is 1. The molecule has 0 unspecified atom stereocenters. The van der Waals surface area contributed by atoms with Crippen LogP contribution in [0.25, 0.3) is 0 Å². The number of nitrogens with one attached hydrogen (secondary N) is 1. The number of rotatable bonds is 7. The highest BCUT2D eigenvalue weighted by molar-refractivity contribution is 9.10. The second-order valence-corrected chi connectivity index (χ2v) is 4.33. The molecule has 92 valence electrons. The van der Waals surface area contributed by atoms with E-state index in [-0.39, 0.29) is 6.61 Å². The van der Waals surface area contributed by atoms with Gasteiger partial charge < -0.3 is 14.8 Å². The molecule has 0 heterocycles. The van der Waals surface area contributed by atoms with Crippen molar-refractivity contribution in [2.45, 2.75) is 6.54 Å². The van der Waals surface area contributed by atoms with Crippen LogP contribution in [0.3, 0.4) is 0 Å². The van der Waals surface area contributed by atoms with Gasteiger partial charge in [0, 0.05) is 30.2 Å². The van der Waals surface area contributed by atoms with Gasteiger partial charge in [0.25, 0.3) is 0 Å². The SMILES string of the molecule is C#CCOc1ccc(Br)cc1CNCCOC. The third kappa shape index (κ3) is 5.22. The summed E-state index contributed by atoms with van der Waals surface area (Å²) < 4.78 is 11.5. The molecule has 1 aromatic carbocycles. The number of halogens is 1. The monoisotopic (exact) mass is 297 g/mol. The third-order valence-electron chi connectivity index (χ3n) is 2.13. The van der Waals surface area contributed by atoms with Crippen LogP contribution in [0.15, 0.2) is 22.7 Å². The molecule has 1 rings (SSSR count). The van der Waals surface area contributed by atoms with Gasteiger partial charge >= 0.3 is 0 Å². The van der Waals surface area contributed by atoms with Crippen molar-refractivity contribution in [3.63, 3.8) is 0 Å². The van der Waals surface area contributed by atoms with Crippen molar-refractivity contribution in [1.29, 1.82) is 0 Å². The molecule has 0 saturated carbocycles. The van der Waals surface area contributed by atoms with Gasteiger partial charge in [-0.3, -0.25) is 0 Å². The fraction of sp³-hybridized carbons (Fsp3) is 0.385. The van der Waals surface area contributed by atoms with E-state index in [1.807, 2.05) is 18.2 Å². The van der Waals surface area contributed by atoms with Crippen LogP contribution in [0.5, 0.6) is 5.75 Å². The molecule has 0 atom stereocenters. The van der Waals surface area contributed by atoms with Gasteiger partial charge in [-0.05, 0) is 18.2 Å². The summed E-state index contributed by atoms with van der Waals surface area (Å²) in [6.07, 6.45) is 5.18. The Labute approximate surface area is 111 Å². The minimum atomic E-state index is 0.284. The molecule has 0 bridgehead atoms. The topological polar surface area (TPSA) is 30.5 Å². The average Bonchev–Trinajstić information content (AvgIpc) is 2.33. The van der Waals surface area contributed by atoms with Crippen LogP contribution in [0, 0.1) is 12.3 Å². The molecule has 4 heteroatoms. The summed E-state index contributed by atoms with van der Waals surface area (Å²) in [6, 6.07) is 5.87. The molecular formula is C13H16BrNO2. The summed E-state index contributed by atoms with van der Waals surface area (Å²) in [6.45, 7) is 2.50.